The molecule has 3 aromatic rings. The van der Waals surface area contributed by atoms with Gasteiger partial charge < -0.3 is 15.4 Å². The van der Waals surface area contributed by atoms with E-state index in [0.29, 0.717) is 5.56 Å². The molecule has 0 bridgehead atoms. The summed E-state index contributed by atoms with van der Waals surface area (Å²) < 4.78 is 44.8. The Balaban J connectivity index is 1.56. The highest BCUT2D eigenvalue weighted by Gasteiger charge is 2.67. The smallest absolute Gasteiger partial charge is 0.259 e. The van der Waals surface area contributed by atoms with E-state index >= 15 is 0 Å². The Labute approximate surface area is 213 Å². The summed E-state index contributed by atoms with van der Waals surface area (Å²) in [6.45, 7) is 0. The fourth-order valence-electron chi connectivity index (χ4n) is 3.77. The molecule has 4 rings (SSSR count). The van der Waals surface area contributed by atoms with Crippen molar-refractivity contribution in [1.82, 2.24) is 0 Å². The zero-order valence-electron chi connectivity index (χ0n) is 17.8. The Hall–Kier alpha value is -2.94. The predicted molar refractivity (Wildman–Crippen MR) is 128 cm³/mol. The summed E-state index contributed by atoms with van der Waals surface area (Å²) in [4.78, 5) is 25.7. The number of halogens is 6. The van der Waals surface area contributed by atoms with E-state index < -0.39 is 45.4 Å². The molecule has 0 unspecified atom stereocenters. The van der Waals surface area contributed by atoms with Crippen molar-refractivity contribution in [3.8, 4) is 5.75 Å². The first-order valence-electron chi connectivity index (χ1n) is 10.1. The normalized spacial score (nSPS) is 18.0. The fourth-order valence-corrected chi connectivity index (χ4v) is 4.78. The molecule has 35 heavy (non-hydrogen) atoms. The van der Waals surface area contributed by atoms with Crippen molar-refractivity contribution in [3.63, 3.8) is 0 Å². The molecule has 0 saturated heterocycles. The van der Waals surface area contributed by atoms with Gasteiger partial charge >= 0.3 is 0 Å². The number of amides is 2. The minimum atomic E-state index is -1.50. The van der Waals surface area contributed by atoms with Crippen molar-refractivity contribution in [2.75, 3.05) is 17.7 Å². The summed E-state index contributed by atoms with van der Waals surface area (Å²) in [6, 6.07) is 11.0. The molecule has 5 nitrogen and oxygen atoms in total. The Kier molecular flexibility index (Phi) is 6.90. The third kappa shape index (κ3) is 5.05. The third-order valence-corrected chi connectivity index (χ3v) is 6.73. The molecule has 1 aliphatic carbocycles. The zero-order chi connectivity index (χ0) is 25.5. The maximum Gasteiger partial charge on any atom is 0.259 e. The minimum Gasteiger partial charge on any atom is -0.493 e. The van der Waals surface area contributed by atoms with Crippen LogP contribution in [0.3, 0.4) is 0 Å². The van der Waals surface area contributed by atoms with E-state index in [1.54, 1.807) is 0 Å². The summed E-state index contributed by atoms with van der Waals surface area (Å²) in [5.41, 5.74) is 0.459. The van der Waals surface area contributed by atoms with Gasteiger partial charge in [0.1, 0.15) is 16.0 Å². The van der Waals surface area contributed by atoms with Gasteiger partial charge in [-0.2, -0.15) is 0 Å². The lowest BCUT2D eigenvalue weighted by Crippen LogP contribution is -2.19. The van der Waals surface area contributed by atoms with Crippen LogP contribution >= 0.6 is 34.8 Å². The van der Waals surface area contributed by atoms with Crippen molar-refractivity contribution in [3.05, 3.63) is 88.2 Å². The largest absolute Gasteiger partial charge is 0.493 e. The van der Waals surface area contributed by atoms with E-state index in [4.69, 9.17) is 39.5 Å². The Bertz CT molecular complexity index is 1320. The van der Waals surface area contributed by atoms with Crippen LogP contribution in [0.2, 0.25) is 5.02 Å². The fraction of sp³-hybridized carbons (Fsp3) is 0.167. The SMILES string of the molecule is COc1c(F)cc(NC(=O)[C@H]2[C@H](c3ccc(F)c(Cl)c3)C2(Cl)Cl)cc1C(=O)Nc1ccc(F)cc1. The molecule has 0 aromatic heterocycles. The Morgan fingerprint density at radius 3 is 2.23 bits per heavy atom. The van der Waals surface area contributed by atoms with E-state index in [9.17, 15) is 22.8 Å². The van der Waals surface area contributed by atoms with Gasteiger partial charge in [-0.15, -0.1) is 23.2 Å². The highest BCUT2D eigenvalue weighted by molar-refractivity contribution is 6.53. The molecule has 2 atom stereocenters. The van der Waals surface area contributed by atoms with Crippen LogP contribution in [0.5, 0.6) is 5.75 Å². The predicted octanol–water partition coefficient (Wildman–Crippen LogP) is 6.54. The van der Waals surface area contributed by atoms with Crippen molar-refractivity contribution < 1.29 is 27.5 Å². The van der Waals surface area contributed by atoms with Crippen LogP contribution in [-0.2, 0) is 4.79 Å². The number of anilines is 2. The summed E-state index contributed by atoms with van der Waals surface area (Å²) in [5, 5.41) is 4.86. The minimum absolute atomic E-state index is 0.0514. The van der Waals surface area contributed by atoms with Gasteiger partial charge in [-0.1, -0.05) is 17.7 Å². The molecule has 0 spiro atoms. The number of benzene rings is 3. The number of alkyl halides is 2. The Morgan fingerprint density at radius 1 is 0.914 bits per heavy atom. The molecule has 1 saturated carbocycles. The first-order valence-corrected chi connectivity index (χ1v) is 11.2. The van der Waals surface area contributed by atoms with E-state index in [1.807, 2.05) is 0 Å². The van der Waals surface area contributed by atoms with Crippen LogP contribution in [0.4, 0.5) is 24.5 Å². The van der Waals surface area contributed by atoms with Crippen LogP contribution in [0.1, 0.15) is 21.8 Å². The Morgan fingerprint density at radius 2 is 1.60 bits per heavy atom. The molecule has 11 heteroatoms. The van der Waals surface area contributed by atoms with Crippen LogP contribution in [0.25, 0.3) is 0 Å². The standard InChI is InChI=1S/C24H16Cl3F3N2O3/c1-35-21-15(22(33)31-13-5-3-12(28)4-6-13)9-14(10-18(21)30)32-23(34)20-19(24(20,26)27)11-2-7-17(29)16(25)8-11/h2-10,19-20H,1H3,(H,31,33)(H,32,34)/t19-,20+/m0/s1. The topological polar surface area (TPSA) is 67.4 Å². The summed E-state index contributed by atoms with van der Waals surface area (Å²) in [6.07, 6.45) is 0. The quantitative estimate of drug-likeness (QED) is 0.347. The number of hydrogen-bond donors (Lipinski definition) is 2. The van der Waals surface area contributed by atoms with Crippen LogP contribution in [0, 0.1) is 23.4 Å². The van der Waals surface area contributed by atoms with E-state index in [0.717, 1.165) is 24.3 Å². The molecular formula is C24H16Cl3F3N2O3. The maximum atomic E-state index is 14.7. The number of nitrogens with one attached hydrogen (secondary N) is 2. The van der Waals surface area contributed by atoms with Gasteiger partial charge in [0.2, 0.25) is 5.91 Å². The summed E-state index contributed by atoms with van der Waals surface area (Å²) >= 11 is 18.4. The lowest BCUT2D eigenvalue weighted by atomic mass is 10.1. The van der Waals surface area contributed by atoms with Gasteiger partial charge in [-0.25, -0.2) is 13.2 Å². The molecule has 182 valence electrons. The second kappa shape index (κ2) is 9.60. The molecule has 3 aromatic carbocycles. The van der Waals surface area contributed by atoms with Crippen LogP contribution in [-0.4, -0.2) is 23.3 Å². The first-order chi connectivity index (χ1) is 16.5. The molecule has 1 fully saturated rings. The van der Waals surface area contributed by atoms with Gasteiger partial charge in [-0.05, 0) is 48.0 Å². The average molecular weight is 544 g/mol. The molecule has 0 radical (unpaired) electrons. The van der Waals surface area contributed by atoms with Gasteiger partial charge in [0.15, 0.2) is 11.6 Å². The number of ether oxygens (including phenoxy) is 1. The molecule has 0 aliphatic heterocycles. The number of hydrogen-bond acceptors (Lipinski definition) is 3. The van der Waals surface area contributed by atoms with E-state index in [-0.39, 0.29) is 27.7 Å². The molecular weight excluding hydrogens is 528 g/mol. The number of rotatable bonds is 6. The maximum absolute atomic E-state index is 14.7. The number of carbonyl (C=O) groups excluding carboxylic acids is 2. The average Bonchev–Trinajstić information content (AvgIpc) is 3.38. The first kappa shape index (κ1) is 25.2. The van der Waals surface area contributed by atoms with Gasteiger partial charge in [-0.3, -0.25) is 9.59 Å². The van der Waals surface area contributed by atoms with Crippen LogP contribution in [0.15, 0.2) is 54.6 Å². The second-order valence-corrected chi connectivity index (χ2v) is 9.64. The second-order valence-electron chi connectivity index (χ2n) is 7.79. The van der Waals surface area contributed by atoms with E-state index in [2.05, 4.69) is 10.6 Å². The van der Waals surface area contributed by atoms with Crippen molar-refractivity contribution in [2.45, 2.75) is 10.3 Å². The third-order valence-electron chi connectivity index (χ3n) is 5.50. The van der Waals surface area contributed by atoms with Crippen molar-refractivity contribution >= 4 is 58.0 Å². The molecule has 1 aliphatic rings. The van der Waals surface area contributed by atoms with Gasteiger partial charge in [0, 0.05) is 23.4 Å². The molecule has 0 heterocycles. The van der Waals surface area contributed by atoms with Gasteiger partial charge in [0.05, 0.1) is 23.6 Å². The number of methoxy groups -OCH3 is 1. The lowest BCUT2D eigenvalue weighted by molar-refractivity contribution is -0.117. The van der Waals surface area contributed by atoms with Crippen molar-refractivity contribution in [1.29, 1.82) is 0 Å². The highest BCUT2D eigenvalue weighted by Crippen LogP contribution is 2.65. The monoisotopic (exact) mass is 542 g/mol. The summed E-state index contributed by atoms with van der Waals surface area (Å²) in [5.74, 6) is -5.42. The highest BCUT2D eigenvalue weighted by atomic mass is 35.5. The molecule has 2 N–H and O–H groups in total. The van der Waals surface area contributed by atoms with Crippen molar-refractivity contribution in [2.24, 2.45) is 5.92 Å². The zero-order valence-corrected chi connectivity index (χ0v) is 20.1. The lowest BCUT2D eigenvalue weighted by Gasteiger charge is -2.13. The summed E-state index contributed by atoms with van der Waals surface area (Å²) in [7, 11) is 1.18. The molecule has 2 amide bonds. The van der Waals surface area contributed by atoms with Gasteiger partial charge in [0.25, 0.3) is 5.91 Å². The van der Waals surface area contributed by atoms with Crippen LogP contribution < -0.4 is 15.4 Å². The number of carbonyl (C=O) groups is 2. The van der Waals surface area contributed by atoms with E-state index in [1.165, 1.54) is 37.4 Å².